The summed E-state index contributed by atoms with van der Waals surface area (Å²) >= 11 is 0. The van der Waals surface area contributed by atoms with E-state index in [9.17, 15) is 5.11 Å². The van der Waals surface area contributed by atoms with E-state index in [0.717, 1.165) is 25.9 Å². The van der Waals surface area contributed by atoms with Crippen LogP contribution in [0.2, 0.25) is 0 Å². The van der Waals surface area contributed by atoms with Crippen molar-refractivity contribution in [3.8, 4) is 11.5 Å². The first kappa shape index (κ1) is 12.7. The lowest BCUT2D eigenvalue weighted by Gasteiger charge is -2.41. The molecule has 3 heterocycles. The Hall–Kier alpha value is -2.07. The van der Waals surface area contributed by atoms with Crippen LogP contribution in [0.4, 0.5) is 0 Å². The minimum atomic E-state index is 0.227. The average molecular weight is 282 g/mol. The smallest absolute Gasteiger partial charge is 0.160 e. The molecule has 1 aromatic carbocycles. The lowest BCUT2D eigenvalue weighted by molar-refractivity contribution is 0.158. The molecule has 0 amide bonds. The summed E-state index contributed by atoms with van der Waals surface area (Å²) in [5.41, 5.74) is 5.01. The number of benzene rings is 1. The van der Waals surface area contributed by atoms with Crippen molar-refractivity contribution in [2.75, 3.05) is 13.7 Å². The predicted octanol–water partition coefficient (Wildman–Crippen LogP) is 2.45. The highest BCUT2D eigenvalue weighted by Crippen LogP contribution is 2.41. The van der Waals surface area contributed by atoms with Gasteiger partial charge in [0.15, 0.2) is 11.5 Å². The Bertz CT molecular complexity index is 699. The highest BCUT2D eigenvalue weighted by Gasteiger charge is 2.33. The van der Waals surface area contributed by atoms with Gasteiger partial charge in [-0.3, -0.25) is 9.88 Å². The Morgan fingerprint density at radius 2 is 2.24 bits per heavy atom. The number of ether oxygens (including phenoxy) is 1. The Kier molecular flexibility index (Phi) is 2.86. The van der Waals surface area contributed by atoms with Gasteiger partial charge in [-0.2, -0.15) is 0 Å². The molecule has 4 rings (SSSR count). The van der Waals surface area contributed by atoms with Crippen LogP contribution in [0.5, 0.6) is 11.5 Å². The van der Waals surface area contributed by atoms with Crippen LogP contribution in [0.15, 0.2) is 30.5 Å². The number of hydrogen-bond donors (Lipinski definition) is 1. The van der Waals surface area contributed by atoms with Gasteiger partial charge in [0.25, 0.3) is 0 Å². The SMILES string of the molecule is COc1cc2c(cc1O)[C@@H]1Cc3ncccc3CN1CC2. The quantitative estimate of drug-likeness (QED) is 0.872. The van der Waals surface area contributed by atoms with Crippen LogP contribution in [0.1, 0.15) is 28.4 Å². The fourth-order valence-electron chi connectivity index (χ4n) is 3.56. The monoisotopic (exact) mass is 282 g/mol. The van der Waals surface area contributed by atoms with Crippen LogP contribution < -0.4 is 4.74 Å². The van der Waals surface area contributed by atoms with Gasteiger partial charge in [-0.05, 0) is 41.3 Å². The molecule has 1 atom stereocenters. The number of rotatable bonds is 1. The molecule has 2 aromatic rings. The summed E-state index contributed by atoms with van der Waals surface area (Å²) < 4.78 is 5.23. The van der Waals surface area contributed by atoms with E-state index in [0.29, 0.717) is 11.8 Å². The maximum atomic E-state index is 10.1. The topological polar surface area (TPSA) is 45.6 Å². The molecule has 2 aliphatic rings. The molecule has 108 valence electrons. The van der Waals surface area contributed by atoms with Crippen molar-refractivity contribution in [1.29, 1.82) is 0 Å². The molecule has 0 unspecified atom stereocenters. The number of pyridine rings is 1. The van der Waals surface area contributed by atoms with Gasteiger partial charge in [0, 0.05) is 37.4 Å². The number of methoxy groups -OCH3 is 1. The zero-order chi connectivity index (χ0) is 14.4. The summed E-state index contributed by atoms with van der Waals surface area (Å²) in [5.74, 6) is 0.793. The Morgan fingerprint density at radius 3 is 3.10 bits per heavy atom. The van der Waals surface area contributed by atoms with Crippen molar-refractivity contribution in [3.05, 3.63) is 52.8 Å². The lowest BCUT2D eigenvalue weighted by Crippen LogP contribution is -2.39. The molecule has 4 nitrogen and oxygen atoms in total. The Balaban J connectivity index is 1.77. The molecule has 0 fully saturated rings. The first-order valence-corrected chi connectivity index (χ1v) is 7.33. The lowest BCUT2D eigenvalue weighted by atomic mass is 9.85. The molecule has 0 aliphatic carbocycles. The van der Waals surface area contributed by atoms with Crippen LogP contribution >= 0.6 is 0 Å². The molecule has 2 aliphatic heterocycles. The van der Waals surface area contributed by atoms with Crippen molar-refractivity contribution in [3.63, 3.8) is 0 Å². The summed E-state index contributed by atoms with van der Waals surface area (Å²) in [6.07, 6.45) is 3.77. The molecule has 0 spiro atoms. The van der Waals surface area contributed by atoms with Crippen LogP contribution in [-0.4, -0.2) is 28.6 Å². The summed E-state index contributed by atoms with van der Waals surface area (Å²) in [4.78, 5) is 7.01. The maximum absolute atomic E-state index is 10.1. The van der Waals surface area contributed by atoms with Gasteiger partial charge in [0.2, 0.25) is 0 Å². The summed E-state index contributed by atoms with van der Waals surface area (Å²) in [6, 6.07) is 8.34. The fraction of sp³-hybridized carbons (Fsp3) is 0.353. The van der Waals surface area contributed by atoms with E-state index in [1.165, 1.54) is 22.4 Å². The standard InChI is InChI=1S/C17H18N2O2/c1-21-17-7-11-4-6-19-10-12-3-2-5-18-14(12)9-15(19)13(11)8-16(17)20/h2-3,5,7-8,15,20H,4,6,9-10H2,1H3/t15-/m0/s1. The highest BCUT2D eigenvalue weighted by molar-refractivity contribution is 5.49. The number of phenols is 1. The molecular formula is C17H18N2O2. The molecular weight excluding hydrogens is 264 g/mol. The molecule has 1 N–H and O–H groups in total. The predicted molar refractivity (Wildman–Crippen MR) is 79.5 cm³/mol. The van der Waals surface area contributed by atoms with Crippen LogP contribution in [0.25, 0.3) is 0 Å². The molecule has 0 bridgehead atoms. The van der Waals surface area contributed by atoms with E-state index in [1.807, 2.05) is 24.4 Å². The van der Waals surface area contributed by atoms with Crippen molar-refractivity contribution >= 4 is 0 Å². The van der Waals surface area contributed by atoms with E-state index >= 15 is 0 Å². The van der Waals surface area contributed by atoms with E-state index < -0.39 is 0 Å². The zero-order valence-electron chi connectivity index (χ0n) is 12.0. The second-order valence-electron chi connectivity index (χ2n) is 5.77. The second kappa shape index (κ2) is 4.74. The van der Waals surface area contributed by atoms with Gasteiger partial charge in [0.1, 0.15) is 0 Å². The molecule has 0 radical (unpaired) electrons. The normalized spacial score (nSPS) is 20.3. The second-order valence-corrected chi connectivity index (χ2v) is 5.77. The number of hydrogen-bond acceptors (Lipinski definition) is 4. The Labute approximate surface area is 124 Å². The van der Waals surface area contributed by atoms with Gasteiger partial charge in [-0.25, -0.2) is 0 Å². The van der Waals surface area contributed by atoms with Crippen molar-refractivity contribution in [2.24, 2.45) is 0 Å². The van der Waals surface area contributed by atoms with Gasteiger partial charge in [-0.15, -0.1) is 0 Å². The number of nitrogens with zero attached hydrogens (tertiary/aromatic N) is 2. The maximum Gasteiger partial charge on any atom is 0.160 e. The van der Waals surface area contributed by atoms with Gasteiger partial charge in [-0.1, -0.05) is 6.07 Å². The molecule has 1 aromatic heterocycles. The first-order chi connectivity index (χ1) is 10.3. The zero-order valence-corrected chi connectivity index (χ0v) is 12.0. The molecule has 4 heteroatoms. The third-order valence-corrected chi connectivity index (χ3v) is 4.65. The average Bonchev–Trinajstić information content (AvgIpc) is 2.52. The van der Waals surface area contributed by atoms with Crippen LogP contribution in [0.3, 0.4) is 0 Å². The van der Waals surface area contributed by atoms with Gasteiger partial charge >= 0.3 is 0 Å². The third-order valence-electron chi connectivity index (χ3n) is 4.65. The van der Waals surface area contributed by atoms with E-state index in [2.05, 4.69) is 16.0 Å². The number of aromatic hydroxyl groups is 1. The molecule has 0 saturated carbocycles. The van der Waals surface area contributed by atoms with E-state index in [1.54, 1.807) is 7.11 Å². The van der Waals surface area contributed by atoms with Crippen molar-refractivity contribution in [2.45, 2.75) is 25.4 Å². The van der Waals surface area contributed by atoms with Gasteiger partial charge in [0.05, 0.1) is 7.11 Å². The van der Waals surface area contributed by atoms with Crippen LogP contribution in [-0.2, 0) is 19.4 Å². The molecule has 21 heavy (non-hydrogen) atoms. The summed E-state index contributed by atoms with van der Waals surface area (Å²) in [6.45, 7) is 1.99. The Morgan fingerprint density at radius 1 is 1.33 bits per heavy atom. The van der Waals surface area contributed by atoms with Crippen molar-refractivity contribution < 1.29 is 9.84 Å². The van der Waals surface area contributed by atoms with Gasteiger partial charge < -0.3 is 9.84 Å². The largest absolute Gasteiger partial charge is 0.504 e. The first-order valence-electron chi connectivity index (χ1n) is 7.33. The summed E-state index contributed by atoms with van der Waals surface area (Å²) in [7, 11) is 1.59. The summed E-state index contributed by atoms with van der Waals surface area (Å²) in [5, 5.41) is 10.1. The van der Waals surface area contributed by atoms with Crippen LogP contribution in [0, 0.1) is 0 Å². The number of phenolic OH excluding ortho intramolecular Hbond substituents is 1. The minimum absolute atomic E-state index is 0.227. The van der Waals surface area contributed by atoms with E-state index in [4.69, 9.17) is 4.74 Å². The van der Waals surface area contributed by atoms with E-state index in [-0.39, 0.29) is 5.75 Å². The third kappa shape index (κ3) is 1.98. The van der Waals surface area contributed by atoms with Crippen molar-refractivity contribution in [1.82, 2.24) is 9.88 Å². The highest BCUT2D eigenvalue weighted by atomic mass is 16.5. The number of fused-ring (bicyclic) bond motifs is 4. The molecule has 0 saturated heterocycles. The number of aromatic nitrogens is 1. The fourth-order valence-corrected chi connectivity index (χ4v) is 3.56. The minimum Gasteiger partial charge on any atom is -0.504 e.